The maximum Gasteiger partial charge on any atom is 0.338 e. The fourth-order valence-corrected chi connectivity index (χ4v) is 2.75. The lowest BCUT2D eigenvalue weighted by atomic mass is 9.99. The number of hydrogen-bond donors (Lipinski definition) is 2. The first-order valence-corrected chi connectivity index (χ1v) is 10.6. The molecular weight excluding hydrogens is 472 g/mol. The van der Waals surface area contributed by atoms with Gasteiger partial charge in [0.2, 0.25) is 5.75 Å². The van der Waals surface area contributed by atoms with Crippen LogP contribution in [-0.2, 0) is 25.6 Å². The average Bonchev–Trinajstić information content (AvgIpc) is 2.78. The van der Waals surface area contributed by atoms with Crippen molar-refractivity contribution in [1.82, 2.24) is 0 Å². The molecule has 0 aromatic heterocycles. The number of carbonyl (C=O) groups excluding carboxylic acids is 4. The lowest BCUT2D eigenvalue weighted by Crippen LogP contribution is -2.20. The molecule has 0 aliphatic heterocycles. The highest BCUT2D eigenvalue weighted by molar-refractivity contribution is 5.90. The number of carbonyl (C=O) groups is 4. The molecule has 10 nitrogen and oxygen atoms in total. The minimum atomic E-state index is -0.866. The summed E-state index contributed by atoms with van der Waals surface area (Å²) < 4.78 is 20.5. The zero-order valence-electron chi connectivity index (χ0n) is 20.2. The van der Waals surface area contributed by atoms with Gasteiger partial charge in [-0.25, -0.2) is 9.59 Å². The van der Waals surface area contributed by atoms with Crippen molar-refractivity contribution in [3.63, 3.8) is 0 Å². The van der Waals surface area contributed by atoms with Crippen LogP contribution in [0.3, 0.4) is 0 Å². The van der Waals surface area contributed by atoms with Gasteiger partial charge >= 0.3 is 23.9 Å². The number of aromatic hydroxyl groups is 2. The van der Waals surface area contributed by atoms with Gasteiger partial charge < -0.3 is 29.2 Å². The molecule has 0 bridgehead atoms. The molecule has 0 heterocycles. The topological polar surface area (TPSA) is 146 Å². The highest BCUT2D eigenvalue weighted by Crippen LogP contribution is 2.38. The van der Waals surface area contributed by atoms with Gasteiger partial charge in [0.05, 0.1) is 5.92 Å². The molecule has 2 N–H and O–H groups in total. The summed E-state index contributed by atoms with van der Waals surface area (Å²) in [6.07, 6.45) is -0.0650. The summed E-state index contributed by atoms with van der Waals surface area (Å²) in [5.74, 6) is -5.65. The van der Waals surface area contributed by atoms with Gasteiger partial charge in [-0.15, -0.1) is 0 Å². The van der Waals surface area contributed by atoms with Crippen LogP contribution in [0.2, 0.25) is 0 Å². The molecule has 1 atom stereocenters. The van der Waals surface area contributed by atoms with Crippen molar-refractivity contribution in [3.05, 3.63) is 60.2 Å². The van der Waals surface area contributed by atoms with Crippen LogP contribution in [-0.4, -0.2) is 34.1 Å². The van der Waals surface area contributed by atoms with E-state index in [1.807, 2.05) is 0 Å². The Morgan fingerprint density at radius 2 is 1.33 bits per heavy atom. The largest absolute Gasteiger partial charge is 0.504 e. The summed E-state index contributed by atoms with van der Waals surface area (Å²) in [6, 6.07) is 6.37. The Hall–Kier alpha value is -4.60. The number of rotatable bonds is 9. The number of para-hydroxylation sites is 1. The molecule has 2 aromatic rings. The standard InChI is InChI=1S/C26H26O10/c1-13(2)24(30)34-19-8-7-9-20(23(19)29)35-26(32)15(5)10-17-11-22(36-25(31)14(3)4)18(28)12-21(17)33-16(6)27/h7-9,11-12,15,28-29H,1,3,10H2,2,4-6H3. The molecule has 2 rings (SSSR count). The Morgan fingerprint density at radius 1 is 0.806 bits per heavy atom. The zero-order chi connectivity index (χ0) is 27.2. The monoisotopic (exact) mass is 498 g/mol. The third-order valence-electron chi connectivity index (χ3n) is 4.60. The number of hydrogen-bond acceptors (Lipinski definition) is 10. The summed E-state index contributed by atoms with van der Waals surface area (Å²) >= 11 is 0. The smallest absolute Gasteiger partial charge is 0.338 e. The van der Waals surface area contributed by atoms with E-state index in [1.54, 1.807) is 0 Å². The van der Waals surface area contributed by atoms with Crippen molar-refractivity contribution in [1.29, 1.82) is 0 Å². The van der Waals surface area contributed by atoms with E-state index >= 15 is 0 Å². The van der Waals surface area contributed by atoms with Gasteiger partial charge in [0.1, 0.15) is 5.75 Å². The first kappa shape index (κ1) is 27.6. The second-order valence-corrected chi connectivity index (χ2v) is 7.99. The number of benzene rings is 2. The highest BCUT2D eigenvalue weighted by atomic mass is 16.6. The van der Waals surface area contributed by atoms with Crippen molar-refractivity contribution >= 4 is 23.9 Å². The van der Waals surface area contributed by atoms with E-state index in [1.165, 1.54) is 45.0 Å². The van der Waals surface area contributed by atoms with E-state index in [2.05, 4.69) is 13.2 Å². The van der Waals surface area contributed by atoms with Crippen LogP contribution >= 0.6 is 0 Å². The summed E-state index contributed by atoms with van der Waals surface area (Å²) in [4.78, 5) is 47.9. The van der Waals surface area contributed by atoms with Crippen LogP contribution in [0.1, 0.15) is 33.3 Å². The Morgan fingerprint density at radius 3 is 1.86 bits per heavy atom. The van der Waals surface area contributed by atoms with Gasteiger partial charge in [0.15, 0.2) is 23.0 Å². The Kier molecular flexibility index (Phi) is 8.98. The van der Waals surface area contributed by atoms with Crippen molar-refractivity contribution < 1.29 is 48.3 Å². The van der Waals surface area contributed by atoms with Gasteiger partial charge in [0, 0.05) is 24.1 Å². The number of phenolic OH excluding ortho intramolecular Hbond substituents is 2. The van der Waals surface area contributed by atoms with E-state index in [0.717, 1.165) is 13.0 Å². The van der Waals surface area contributed by atoms with E-state index in [4.69, 9.17) is 18.9 Å². The SMILES string of the molecule is C=C(C)C(=O)Oc1cc(CC(C)C(=O)Oc2cccc(OC(=O)C(=C)C)c2O)c(OC(C)=O)cc1O. The van der Waals surface area contributed by atoms with Crippen LogP contribution in [0.25, 0.3) is 0 Å². The summed E-state index contributed by atoms with van der Waals surface area (Å²) in [5, 5.41) is 20.5. The quantitative estimate of drug-likeness (QED) is 0.298. The maximum absolute atomic E-state index is 12.8. The second-order valence-electron chi connectivity index (χ2n) is 7.99. The van der Waals surface area contributed by atoms with E-state index in [9.17, 15) is 29.4 Å². The third kappa shape index (κ3) is 7.20. The van der Waals surface area contributed by atoms with Crippen molar-refractivity contribution in [2.24, 2.45) is 5.92 Å². The molecule has 36 heavy (non-hydrogen) atoms. The van der Waals surface area contributed by atoms with Crippen LogP contribution in [0, 0.1) is 5.92 Å². The molecule has 0 radical (unpaired) electrons. The van der Waals surface area contributed by atoms with E-state index in [-0.39, 0.29) is 46.1 Å². The predicted octanol–water partition coefficient (Wildman–Crippen LogP) is 3.77. The average molecular weight is 498 g/mol. The maximum atomic E-state index is 12.8. The molecular formula is C26H26O10. The molecule has 0 saturated carbocycles. The van der Waals surface area contributed by atoms with E-state index in [0.29, 0.717) is 0 Å². The fraction of sp³-hybridized carbons (Fsp3) is 0.231. The Balaban J connectivity index is 2.28. The second kappa shape index (κ2) is 11.7. The van der Waals surface area contributed by atoms with Gasteiger partial charge in [-0.3, -0.25) is 9.59 Å². The van der Waals surface area contributed by atoms with Crippen LogP contribution in [0.15, 0.2) is 54.6 Å². The molecule has 190 valence electrons. The minimum Gasteiger partial charge on any atom is -0.504 e. The Labute approximate surface area is 207 Å². The summed E-state index contributed by atoms with van der Waals surface area (Å²) in [7, 11) is 0. The molecule has 0 amide bonds. The van der Waals surface area contributed by atoms with Crippen molar-refractivity contribution in [3.8, 4) is 34.5 Å². The van der Waals surface area contributed by atoms with E-state index < -0.39 is 41.3 Å². The van der Waals surface area contributed by atoms with Crippen molar-refractivity contribution in [2.75, 3.05) is 0 Å². The van der Waals surface area contributed by atoms with Crippen LogP contribution in [0.4, 0.5) is 0 Å². The van der Waals surface area contributed by atoms with Gasteiger partial charge in [0.25, 0.3) is 0 Å². The first-order chi connectivity index (χ1) is 16.8. The minimum absolute atomic E-state index is 0.0497. The number of ether oxygens (including phenoxy) is 4. The summed E-state index contributed by atoms with van der Waals surface area (Å²) in [6.45, 7) is 12.5. The molecule has 0 spiro atoms. The zero-order valence-corrected chi connectivity index (χ0v) is 20.2. The van der Waals surface area contributed by atoms with Gasteiger partial charge in [-0.2, -0.15) is 0 Å². The molecule has 2 aromatic carbocycles. The number of esters is 4. The highest BCUT2D eigenvalue weighted by Gasteiger charge is 2.24. The Bertz CT molecular complexity index is 1240. The first-order valence-electron chi connectivity index (χ1n) is 10.6. The molecule has 1 unspecified atom stereocenters. The molecule has 0 saturated heterocycles. The molecule has 10 heteroatoms. The third-order valence-corrected chi connectivity index (χ3v) is 4.60. The van der Waals surface area contributed by atoms with Crippen LogP contribution < -0.4 is 18.9 Å². The van der Waals surface area contributed by atoms with Gasteiger partial charge in [-0.05, 0) is 44.0 Å². The lowest BCUT2D eigenvalue weighted by Gasteiger charge is -2.17. The number of phenols is 2. The van der Waals surface area contributed by atoms with Crippen molar-refractivity contribution in [2.45, 2.75) is 34.1 Å². The van der Waals surface area contributed by atoms with Crippen LogP contribution in [0.5, 0.6) is 34.5 Å². The lowest BCUT2D eigenvalue weighted by molar-refractivity contribution is -0.138. The molecule has 0 fully saturated rings. The predicted molar refractivity (Wildman–Crippen MR) is 127 cm³/mol. The fourth-order valence-electron chi connectivity index (χ4n) is 2.75. The summed E-state index contributed by atoms with van der Waals surface area (Å²) in [5.41, 5.74) is 0.453. The van der Waals surface area contributed by atoms with Gasteiger partial charge in [-0.1, -0.05) is 26.1 Å². The normalized spacial score (nSPS) is 11.1. The molecule has 0 aliphatic rings. The molecule has 0 aliphatic carbocycles.